The molecular weight excluding hydrogens is 287 g/mol. The summed E-state index contributed by atoms with van der Waals surface area (Å²) in [4.78, 5) is 0. The number of benzene rings is 1. The van der Waals surface area contributed by atoms with Crippen molar-refractivity contribution in [3.05, 3.63) is 41.2 Å². The van der Waals surface area contributed by atoms with Gasteiger partial charge in [0, 0.05) is 26.2 Å². The van der Waals surface area contributed by atoms with Crippen molar-refractivity contribution in [1.82, 2.24) is 9.34 Å². The van der Waals surface area contributed by atoms with Gasteiger partial charge in [-0.2, -0.15) is 0 Å². The van der Waals surface area contributed by atoms with Gasteiger partial charge in [0.05, 0.1) is 8.22 Å². The molecule has 0 saturated carbocycles. The van der Waals surface area contributed by atoms with E-state index >= 15 is 0 Å². The highest BCUT2D eigenvalue weighted by atomic mass is 31.1. The van der Waals surface area contributed by atoms with Gasteiger partial charge in [-0.1, -0.05) is 43.2 Å². The van der Waals surface area contributed by atoms with E-state index < -0.39 is 0 Å². The molecule has 2 nitrogen and oxygen atoms in total. The van der Waals surface area contributed by atoms with Crippen LogP contribution < -0.4 is 0 Å². The predicted molar refractivity (Wildman–Crippen MR) is 97.9 cm³/mol. The second-order valence-corrected chi connectivity index (χ2v) is 8.93. The van der Waals surface area contributed by atoms with Gasteiger partial charge in [0.25, 0.3) is 0 Å². The Balaban J connectivity index is 1.81. The van der Waals surface area contributed by atoms with Crippen LogP contribution in [0.3, 0.4) is 0 Å². The Morgan fingerprint density at radius 3 is 1.82 bits per heavy atom. The fraction of sp³-hybridized carbons (Fsp3) is 0.579. The van der Waals surface area contributed by atoms with Crippen LogP contribution in [0.1, 0.15) is 51.0 Å². The summed E-state index contributed by atoms with van der Waals surface area (Å²) in [7, 11) is -0.254. The van der Waals surface area contributed by atoms with E-state index in [4.69, 9.17) is 0 Å². The van der Waals surface area contributed by atoms with E-state index in [0.29, 0.717) is 0 Å². The van der Waals surface area contributed by atoms with E-state index in [2.05, 4.69) is 52.7 Å². The lowest BCUT2D eigenvalue weighted by Gasteiger charge is -2.43. The SMILES string of the molecule is CC(=Cc1ccccc1)P(N1CCCCC1)N1CCCCC1. The van der Waals surface area contributed by atoms with Crippen LogP contribution in [-0.4, -0.2) is 35.5 Å². The zero-order valence-electron chi connectivity index (χ0n) is 13.9. The van der Waals surface area contributed by atoms with Crippen molar-refractivity contribution in [2.75, 3.05) is 26.2 Å². The number of nitrogens with zero attached hydrogens (tertiary/aromatic N) is 2. The number of allylic oxidation sites excluding steroid dienone is 1. The molecule has 0 atom stereocenters. The Bertz CT molecular complexity index is 455. The third kappa shape index (κ3) is 4.19. The van der Waals surface area contributed by atoms with Gasteiger partial charge in [0.1, 0.15) is 0 Å². The summed E-state index contributed by atoms with van der Waals surface area (Å²) in [5, 5.41) is 1.57. The molecular formula is C19H29N2P. The molecule has 0 aliphatic carbocycles. The second-order valence-electron chi connectivity index (χ2n) is 6.51. The minimum absolute atomic E-state index is 0.254. The number of hydrogen-bond donors (Lipinski definition) is 0. The Labute approximate surface area is 137 Å². The molecule has 1 aromatic rings. The van der Waals surface area contributed by atoms with E-state index in [1.807, 2.05) is 0 Å². The lowest BCUT2D eigenvalue weighted by molar-refractivity contribution is 0.313. The molecule has 0 spiro atoms. The molecule has 2 aliphatic heterocycles. The van der Waals surface area contributed by atoms with Crippen molar-refractivity contribution in [2.45, 2.75) is 45.4 Å². The quantitative estimate of drug-likeness (QED) is 0.693. The summed E-state index contributed by atoms with van der Waals surface area (Å²) in [6, 6.07) is 10.8. The molecule has 0 unspecified atom stereocenters. The molecule has 3 rings (SSSR count). The van der Waals surface area contributed by atoms with E-state index in [0.717, 1.165) is 0 Å². The summed E-state index contributed by atoms with van der Waals surface area (Å²) in [5.41, 5.74) is 1.35. The van der Waals surface area contributed by atoms with Crippen molar-refractivity contribution in [3.8, 4) is 0 Å². The molecule has 1 aromatic carbocycles. The molecule has 0 bridgehead atoms. The van der Waals surface area contributed by atoms with Crippen LogP contribution in [-0.2, 0) is 0 Å². The van der Waals surface area contributed by atoms with Crippen LogP contribution in [0, 0.1) is 0 Å². The topological polar surface area (TPSA) is 6.48 Å². The molecule has 22 heavy (non-hydrogen) atoms. The largest absolute Gasteiger partial charge is 0.267 e. The molecule has 2 heterocycles. The van der Waals surface area contributed by atoms with Crippen molar-refractivity contribution < 1.29 is 0 Å². The van der Waals surface area contributed by atoms with E-state index in [1.54, 1.807) is 5.31 Å². The van der Waals surface area contributed by atoms with Gasteiger partial charge in [-0.05, 0) is 49.6 Å². The van der Waals surface area contributed by atoms with Gasteiger partial charge in [-0.15, -0.1) is 0 Å². The first-order chi connectivity index (χ1) is 10.8. The number of hydrogen-bond acceptors (Lipinski definition) is 2. The summed E-state index contributed by atoms with van der Waals surface area (Å²) < 4.78 is 5.58. The van der Waals surface area contributed by atoms with Gasteiger partial charge in [-0.3, -0.25) is 9.34 Å². The lowest BCUT2D eigenvalue weighted by atomic mass is 10.2. The maximum atomic E-state index is 2.79. The highest BCUT2D eigenvalue weighted by Crippen LogP contribution is 2.54. The van der Waals surface area contributed by atoms with Crippen LogP contribution in [0.15, 0.2) is 35.6 Å². The maximum absolute atomic E-state index is 2.79. The zero-order chi connectivity index (χ0) is 15.2. The Hall–Kier alpha value is -0.690. The standard InChI is InChI=1S/C19H29N2P/c1-18(17-19-11-5-2-6-12-19)22(20-13-7-3-8-14-20)21-15-9-4-10-16-21/h2,5-6,11-12,17H,3-4,7-10,13-16H2,1H3. The maximum Gasteiger partial charge on any atom is 0.0679 e. The zero-order valence-corrected chi connectivity index (χ0v) is 14.8. The fourth-order valence-electron chi connectivity index (χ4n) is 3.61. The Morgan fingerprint density at radius 2 is 1.32 bits per heavy atom. The minimum Gasteiger partial charge on any atom is -0.267 e. The highest BCUT2D eigenvalue weighted by Gasteiger charge is 2.29. The lowest BCUT2D eigenvalue weighted by Crippen LogP contribution is -2.35. The average molecular weight is 316 g/mol. The average Bonchev–Trinajstić information content (AvgIpc) is 2.58. The summed E-state index contributed by atoms with van der Waals surface area (Å²) >= 11 is 0. The van der Waals surface area contributed by atoms with Gasteiger partial charge in [0.2, 0.25) is 0 Å². The molecule has 2 fully saturated rings. The third-order valence-electron chi connectivity index (χ3n) is 4.69. The monoisotopic (exact) mass is 316 g/mol. The van der Waals surface area contributed by atoms with Crippen molar-refractivity contribution in [1.29, 1.82) is 0 Å². The molecule has 0 N–H and O–H groups in total. The molecule has 2 saturated heterocycles. The van der Waals surface area contributed by atoms with Gasteiger partial charge in [-0.25, -0.2) is 0 Å². The normalized spacial score (nSPS) is 22.2. The molecule has 120 valence electrons. The first-order valence-corrected chi connectivity index (χ1v) is 10.1. The molecule has 0 radical (unpaired) electrons. The first-order valence-electron chi connectivity index (χ1n) is 8.88. The molecule has 0 aromatic heterocycles. The van der Waals surface area contributed by atoms with Crippen molar-refractivity contribution >= 4 is 14.3 Å². The molecule has 2 aliphatic rings. The van der Waals surface area contributed by atoms with Crippen LogP contribution in [0.5, 0.6) is 0 Å². The Morgan fingerprint density at radius 1 is 0.818 bits per heavy atom. The third-order valence-corrected chi connectivity index (χ3v) is 7.32. The van der Waals surface area contributed by atoms with Crippen LogP contribution in [0.25, 0.3) is 6.08 Å². The van der Waals surface area contributed by atoms with E-state index in [9.17, 15) is 0 Å². The van der Waals surface area contributed by atoms with Crippen LogP contribution in [0.2, 0.25) is 0 Å². The second kappa shape index (κ2) is 8.24. The van der Waals surface area contributed by atoms with Gasteiger partial charge in [0.15, 0.2) is 0 Å². The highest BCUT2D eigenvalue weighted by molar-refractivity contribution is 7.57. The molecule has 0 amide bonds. The van der Waals surface area contributed by atoms with Crippen LogP contribution >= 0.6 is 8.22 Å². The van der Waals surface area contributed by atoms with Crippen molar-refractivity contribution in [3.63, 3.8) is 0 Å². The molecule has 3 heteroatoms. The summed E-state index contributed by atoms with van der Waals surface area (Å²) in [5.74, 6) is 0. The van der Waals surface area contributed by atoms with Gasteiger partial charge < -0.3 is 0 Å². The fourth-order valence-corrected chi connectivity index (χ4v) is 6.44. The Kier molecular flexibility index (Phi) is 6.06. The number of rotatable bonds is 4. The van der Waals surface area contributed by atoms with Crippen LogP contribution in [0.4, 0.5) is 0 Å². The minimum atomic E-state index is -0.254. The van der Waals surface area contributed by atoms with Gasteiger partial charge >= 0.3 is 0 Å². The van der Waals surface area contributed by atoms with Crippen molar-refractivity contribution in [2.24, 2.45) is 0 Å². The first kappa shape index (κ1) is 16.2. The predicted octanol–water partition coefficient (Wildman–Crippen LogP) is 5.33. The summed E-state index contributed by atoms with van der Waals surface area (Å²) in [6.07, 6.45) is 10.8. The van der Waals surface area contributed by atoms with E-state index in [-0.39, 0.29) is 8.22 Å². The summed E-state index contributed by atoms with van der Waals surface area (Å²) in [6.45, 7) is 7.54. The number of piperidine rings is 2. The smallest absolute Gasteiger partial charge is 0.0679 e. The van der Waals surface area contributed by atoms with E-state index in [1.165, 1.54) is 70.3 Å².